The van der Waals surface area contributed by atoms with Crippen molar-refractivity contribution in [2.75, 3.05) is 19.0 Å². The smallest absolute Gasteiger partial charge is 0.241 e. The summed E-state index contributed by atoms with van der Waals surface area (Å²) in [6, 6.07) is 4.24. The summed E-state index contributed by atoms with van der Waals surface area (Å²) in [5.41, 5.74) is 6.23. The minimum atomic E-state index is -0.607. The van der Waals surface area contributed by atoms with Crippen molar-refractivity contribution >= 4 is 34.8 Å². The molecular weight excluding hydrogens is 263 g/mol. The lowest BCUT2D eigenvalue weighted by Gasteiger charge is -2.12. The number of carbonyl (C=O) groups excluding carboxylic acids is 1. The van der Waals surface area contributed by atoms with Crippen molar-refractivity contribution in [1.29, 1.82) is 0 Å². The van der Waals surface area contributed by atoms with E-state index >= 15 is 0 Å². The van der Waals surface area contributed by atoms with Crippen molar-refractivity contribution in [3.8, 4) is 0 Å². The fourth-order valence-electron chi connectivity index (χ4n) is 1.18. The van der Waals surface area contributed by atoms with Crippen LogP contribution in [-0.2, 0) is 9.53 Å². The molecule has 1 rings (SSSR count). The van der Waals surface area contributed by atoms with Gasteiger partial charge in [-0.3, -0.25) is 4.79 Å². The largest absolute Gasteiger partial charge is 0.385 e. The number of benzene rings is 1. The molecule has 17 heavy (non-hydrogen) atoms. The first kappa shape index (κ1) is 14.3. The van der Waals surface area contributed by atoms with Crippen molar-refractivity contribution in [1.82, 2.24) is 0 Å². The van der Waals surface area contributed by atoms with E-state index in [1.54, 1.807) is 25.3 Å². The fraction of sp³-hybridized carbons (Fsp3) is 0.364. The molecule has 3 N–H and O–H groups in total. The second kappa shape index (κ2) is 6.81. The van der Waals surface area contributed by atoms with Gasteiger partial charge in [-0.15, -0.1) is 0 Å². The van der Waals surface area contributed by atoms with Crippen LogP contribution >= 0.6 is 23.2 Å². The van der Waals surface area contributed by atoms with Crippen LogP contribution in [-0.4, -0.2) is 25.7 Å². The summed E-state index contributed by atoms with van der Waals surface area (Å²) < 4.78 is 4.85. The van der Waals surface area contributed by atoms with Gasteiger partial charge in [0.1, 0.15) is 0 Å². The SMILES string of the molecule is COCCC(N)C(=O)Nc1ccc(Cl)c(Cl)c1. The van der Waals surface area contributed by atoms with Crippen LogP contribution in [0, 0.1) is 0 Å². The number of hydrogen-bond donors (Lipinski definition) is 2. The van der Waals surface area contributed by atoms with Gasteiger partial charge in [-0.25, -0.2) is 0 Å². The Hall–Kier alpha value is -0.810. The van der Waals surface area contributed by atoms with Gasteiger partial charge >= 0.3 is 0 Å². The Morgan fingerprint density at radius 2 is 2.18 bits per heavy atom. The molecule has 1 unspecified atom stereocenters. The van der Waals surface area contributed by atoms with Gasteiger partial charge in [0.05, 0.1) is 16.1 Å². The zero-order valence-electron chi connectivity index (χ0n) is 9.37. The molecule has 0 saturated carbocycles. The zero-order chi connectivity index (χ0) is 12.8. The number of carbonyl (C=O) groups is 1. The van der Waals surface area contributed by atoms with Gasteiger partial charge < -0.3 is 15.8 Å². The summed E-state index contributed by atoms with van der Waals surface area (Å²) >= 11 is 11.6. The maximum absolute atomic E-state index is 11.6. The number of amides is 1. The summed E-state index contributed by atoms with van der Waals surface area (Å²) in [6.07, 6.45) is 0.462. The van der Waals surface area contributed by atoms with Crippen LogP contribution in [0.4, 0.5) is 5.69 Å². The van der Waals surface area contributed by atoms with E-state index in [0.717, 1.165) is 0 Å². The van der Waals surface area contributed by atoms with Crippen LogP contribution in [0.2, 0.25) is 10.0 Å². The quantitative estimate of drug-likeness (QED) is 0.868. The van der Waals surface area contributed by atoms with Gasteiger partial charge in [0.15, 0.2) is 0 Å². The summed E-state index contributed by atoms with van der Waals surface area (Å²) in [5, 5.41) is 3.48. The maximum Gasteiger partial charge on any atom is 0.241 e. The van der Waals surface area contributed by atoms with Crippen LogP contribution in [0.1, 0.15) is 6.42 Å². The molecule has 0 bridgehead atoms. The Morgan fingerprint density at radius 1 is 1.47 bits per heavy atom. The highest BCUT2D eigenvalue weighted by Gasteiger charge is 2.13. The first-order valence-electron chi connectivity index (χ1n) is 5.05. The van der Waals surface area contributed by atoms with Crippen molar-refractivity contribution in [3.05, 3.63) is 28.2 Å². The van der Waals surface area contributed by atoms with Crippen LogP contribution in [0.15, 0.2) is 18.2 Å². The molecule has 4 nitrogen and oxygen atoms in total. The Kier molecular flexibility index (Phi) is 5.71. The van der Waals surface area contributed by atoms with Crippen LogP contribution < -0.4 is 11.1 Å². The third kappa shape index (κ3) is 4.52. The summed E-state index contributed by atoms with van der Waals surface area (Å²) in [6.45, 7) is 0.440. The monoisotopic (exact) mass is 276 g/mol. The van der Waals surface area contributed by atoms with Crippen LogP contribution in [0.25, 0.3) is 0 Å². The number of hydrogen-bond acceptors (Lipinski definition) is 3. The van der Waals surface area contributed by atoms with Crippen molar-refractivity contribution in [3.63, 3.8) is 0 Å². The summed E-state index contributed by atoms with van der Waals surface area (Å²) in [4.78, 5) is 11.6. The molecule has 0 aliphatic carbocycles. The third-order valence-electron chi connectivity index (χ3n) is 2.16. The lowest BCUT2D eigenvalue weighted by Crippen LogP contribution is -2.36. The van der Waals surface area contributed by atoms with Gasteiger partial charge in [0.2, 0.25) is 5.91 Å². The normalized spacial score (nSPS) is 12.2. The minimum Gasteiger partial charge on any atom is -0.385 e. The molecule has 1 atom stereocenters. The highest BCUT2D eigenvalue weighted by Crippen LogP contribution is 2.24. The van der Waals surface area contributed by atoms with E-state index < -0.39 is 6.04 Å². The molecule has 0 aliphatic rings. The molecule has 0 saturated heterocycles. The number of rotatable bonds is 5. The average Bonchev–Trinajstić information content (AvgIpc) is 2.30. The van der Waals surface area contributed by atoms with Gasteiger partial charge in [-0.1, -0.05) is 23.2 Å². The minimum absolute atomic E-state index is 0.277. The highest BCUT2D eigenvalue weighted by atomic mass is 35.5. The topological polar surface area (TPSA) is 64.3 Å². The van der Waals surface area contributed by atoms with Crippen molar-refractivity contribution in [2.24, 2.45) is 5.73 Å². The standard InChI is InChI=1S/C11H14Cl2N2O2/c1-17-5-4-10(14)11(16)15-7-2-3-8(12)9(13)6-7/h2-3,6,10H,4-5,14H2,1H3,(H,15,16). The van der Waals surface area contributed by atoms with Crippen LogP contribution in [0.3, 0.4) is 0 Å². The summed E-state index contributed by atoms with van der Waals surface area (Å²) in [7, 11) is 1.56. The third-order valence-corrected chi connectivity index (χ3v) is 2.90. The molecule has 0 heterocycles. The molecular formula is C11H14Cl2N2O2. The lowest BCUT2D eigenvalue weighted by molar-refractivity contribution is -0.117. The Labute approximate surface area is 110 Å². The van der Waals surface area contributed by atoms with E-state index in [0.29, 0.717) is 28.8 Å². The predicted molar refractivity (Wildman–Crippen MR) is 69.6 cm³/mol. The molecule has 1 amide bonds. The molecule has 0 fully saturated rings. The summed E-state index contributed by atoms with van der Waals surface area (Å²) in [5.74, 6) is -0.277. The molecule has 6 heteroatoms. The Balaban J connectivity index is 2.58. The van der Waals surface area contributed by atoms with E-state index in [9.17, 15) is 4.79 Å². The number of nitrogens with one attached hydrogen (secondary N) is 1. The van der Waals surface area contributed by atoms with E-state index in [1.165, 1.54) is 0 Å². The average molecular weight is 277 g/mol. The highest BCUT2D eigenvalue weighted by molar-refractivity contribution is 6.42. The Morgan fingerprint density at radius 3 is 2.76 bits per heavy atom. The van der Waals surface area contributed by atoms with E-state index in [1.807, 2.05) is 0 Å². The number of ether oxygens (including phenoxy) is 1. The molecule has 0 aliphatic heterocycles. The fourth-order valence-corrected chi connectivity index (χ4v) is 1.48. The van der Waals surface area contributed by atoms with Gasteiger partial charge in [-0.05, 0) is 24.6 Å². The molecule has 94 valence electrons. The maximum atomic E-state index is 11.6. The molecule has 1 aromatic carbocycles. The molecule has 1 aromatic rings. The lowest BCUT2D eigenvalue weighted by atomic mass is 10.2. The van der Waals surface area contributed by atoms with Crippen molar-refractivity contribution < 1.29 is 9.53 Å². The number of nitrogens with two attached hydrogens (primary N) is 1. The van der Waals surface area contributed by atoms with E-state index in [-0.39, 0.29) is 5.91 Å². The zero-order valence-corrected chi connectivity index (χ0v) is 10.9. The number of halogens is 2. The number of anilines is 1. The molecule has 0 aromatic heterocycles. The Bertz CT molecular complexity index is 399. The molecule has 0 spiro atoms. The second-order valence-corrected chi connectivity index (χ2v) is 4.32. The first-order chi connectivity index (χ1) is 8.04. The van der Waals surface area contributed by atoms with E-state index in [4.69, 9.17) is 33.7 Å². The van der Waals surface area contributed by atoms with Gasteiger partial charge in [-0.2, -0.15) is 0 Å². The van der Waals surface area contributed by atoms with Crippen molar-refractivity contribution in [2.45, 2.75) is 12.5 Å². The second-order valence-electron chi connectivity index (χ2n) is 3.51. The van der Waals surface area contributed by atoms with Gasteiger partial charge in [0, 0.05) is 19.4 Å². The van der Waals surface area contributed by atoms with Gasteiger partial charge in [0.25, 0.3) is 0 Å². The van der Waals surface area contributed by atoms with E-state index in [2.05, 4.69) is 5.32 Å². The van der Waals surface area contributed by atoms with Crippen LogP contribution in [0.5, 0.6) is 0 Å². The molecule has 0 radical (unpaired) electrons. The first-order valence-corrected chi connectivity index (χ1v) is 5.80. The number of methoxy groups -OCH3 is 1. The predicted octanol–water partition coefficient (Wildman–Crippen LogP) is 2.30.